The van der Waals surface area contributed by atoms with E-state index in [-0.39, 0.29) is 0 Å². The SMILES string of the molecule is CC(C)CN1CCN(c2ccncc2CNC(C)C)CC1. The van der Waals surface area contributed by atoms with Crippen molar-refractivity contribution < 1.29 is 0 Å². The molecule has 1 aliphatic heterocycles. The summed E-state index contributed by atoms with van der Waals surface area (Å²) in [5, 5.41) is 3.50. The van der Waals surface area contributed by atoms with E-state index in [1.807, 2.05) is 12.4 Å². The minimum absolute atomic E-state index is 0.501. The standard InChI is InChI=1S/C17H30N4/c1-14(2)13-20-7-9-21(10-8-20)17-5-6-18-11-16(17)12-19-15(3)4/h5-6,11,14-15,19H,7-10,12-13H2,1-4H3. The fourth-order valence-corrected chi connectivity index (χ4v) is 2.87. The Morgan fingerprint density at radius 2 is 1.86 bits per heavy atom. The molecule has 2 rings (SSSR count). The van der Waals surface area contributed by atoms with Crippen LogP contribution < -0.4 is 10.2 Å². The molecule has 0 amide bonds. The van der Waals surface area contributed by atoms with E-state index in [9.17, 15) is 0 Å². The topological polar surface area (TPSA) is 31.4 Å². The predicted octanol–water partition coefficient (Wildman–Crippen LogP) is 2.36. The highest BCUT2D eigenvalue weighted by Crippen LogP contribution is 2.21. The number of aromatic nitrogens is 1. The van der Waals surface area contributed by atoms with Crippen LogP contribution in [0.15, 0.2) is 18.5 Å². The fourth-order valence-electron chi connectivity index (χ4n) is 2.87. The Balaban J connectivity index is 1.96. The molecule has 0 aliphatic carbocycles. The Hall–Kier alpha value is -1.13. The monoisotopic (exact) mass is 290 g/mol. The van der Waals surface area contributed by atoms with Crippen molar-refractivity contribution in [2.75, 3.05) is 37.6 Å². The highest BCUT2D eigenvalue weighted by Gasteiger charge is 2.19. The maximum absolute atomic E-state index is 4.30. The van der Waals surface area contributed by atoms with Gasteiger partial charge in [-0.2, -0.15) is 0 Å². The molecule has 4 heteroatoms. The van der Waals surface area contributed by atoms with Gasteiger partial charge in [0.1, 0.15) is 0 Å². The number of hydrogen-bond acceptors (Lipinski definition) is 4. The predicted molar refractivity (Wildman–Crippen MR) is 89.7 cm³/mol. The lowest BCUT2D eigenvalue weighted by molar-refractivity contribution is 0.231. The molecule has 0 radical (unpaired) electrons. The molecular formula is C17H30N4. The zero-order chi connectivity index (χ0) is 15.2. The van der Waals surface area contributed by atoms with E-state index in [1.54, 1.807) is 0 Å². The third-order valence-electron chi connectivity index (χ3n) is 3.91. The van der Waals surface area contributed by atoms with Gasteiger partial charge in [-0.1, -0.05) is 27.7 Å². The Morgan fingerprint density at radius 3 is 2.48 bits per heavy atom. The van der Waals surface area contributed by atoms with Crippen LogP contribution in [-0.4, -0.2) is 48.6 Å². The van der Waals surface area contributed by atoms with Crippen molar-refractivity contribution in [2.24, 2.45) is 5.92 Å². The summed E-state index contributed by atoms with van der Waals surface area (Å²) in [4.78, 5) is 9.38. The second-order valence-corrected chi connectivity index (χ2v) is 6.72. The summed E-state index contributed by atoms with van der Waals surface area (Å²) in [5.74, 6) is 0.753. The zero-order valence-corrected chi connectivity index (χ0v) is 14.0. The molecule has 1 aliphatic rings. The van der Waals surface area contributed by atoms with Gasteiger partial charge in [-0.05, 0) is 12.0 Å². The number of rotatable bonds is 6. The highest BCUT2D eigenvalue weighted by atomic mass is 15.3. The summed E-state index contributed by atoms with van der Waals surface area (Å²) < 4.78 is 0. The first kappa shape index (κ1) is 16.2. The smallest absolute Gasteiger partial charge is 0.0443 e. The van der Waals surface area contributed by atoms with E-state index in [0.29, 0.717) is 6.04 Å². The molecule has 0 spiro atoms. The minimum atomic E-state index is 0.501. The van der Waals surface area contributed by atoms with E-state index in [0.717, 1.165) is 38.6 Å². The third kappa shape index (κ3) is 4.97. The van der Waals surface area contributed by atoms with Crippen LogP contribution >= 0.6 is 0 Å². The molecule has 0 saturated carbocycles. The molecule has 0 atom stereocenters. The van der Waals surface area contributed by atoms with Crippen molar-refractivity contribution in [1.29, 1.82) is 0 Å². The second-order valence-electron chi connectivity index (χ2n) is 6.72. The molecule has 0 unspecified atom stereocenters. The first-order valence-electron chi connectivity index (χ1n) is 8.20. The average Bonchev–Trinajstić information content (AvgIpc) is 2.46. The van der Waals surface area contributed by atoms with Crippen LogP contribution in [0.4, 0.5) is 5.69 Å². The summed E-state index contributed by atoms with van der Waals surface area (Å²) in [6.45, 7) is 15.6. The van der Waals surface area contributed by atoms with E-state index in [1.165, 1.54) is 17.8 Å². The molecule has 1 N–H and O–H groups in total. The van der Waals surface area contributed by atoms with Crippen LogP contribution in [0.2, 0.25) is 0 Å². The van der Waals surface area contributed by atoms with Gasteiger partial charge >= 0.3 is 0 Å². The maximum Gasteiger partial charge on any atom is 0.0443 e. The number of anilines is 1. The normalized spacial score (nSPS) is 17.0. The Bertz CT molecular complexity index is 423. The van der Waals surface area contributed by atoms with Crippen LogP contribution in [0.25, 0.3) is 0 Å². The number of nitrogens with one attached hydrogen (secondary N) is 1. The molecule has 0 aromatic carbocycles. The molecule has 118 valence electrons. The van der Waals surface area contributed by atoms with Crippen LogP contribution in [0, 0.1) is 5.92 Å². The quantitative estimate of drug-likeness (QED) is 0.871. The van der Waals surface area contributed by atoms with Gasteiger partial charge in [-0.3, -0.25) is 9.88 Å². The van der Waals surface area contributed by atoms with Crippen molar-refractivity contribution in [2.45, 2.75) is 40.3 Å². The molecule has 1 aromatic heterocycles. The van der Waals surface area contributed by atoms with Crippen LogP contribution in [0.1, 0.15) is 33.3 Å². The molecule has 21 heavy (non-hydrogen) atoms. The largest absolute Gasteiger partial charge is 0.369 e. The Labute approximate surface area is 129 Å². The highest BCUT2D eigenvalue weighted by molar-refractivity contribution is 5.52. The number of piperazine rings is 1. The van der Waals surface area contributed by atoms with Gasteiger partial charge in [-0.15, -0.1) is 0 Å². The van der Waals surface area contributed by atoms with Crippen LogP contribution in [0.5, 0.6) is 0 Å². The summed E-state index contributed by atoms with van der Waals surface area (Å²) in [5.41, 5.74) is 2.66. The van der Waals surface area contributed by atoms with E-state index >= 15 is 0 Å². The molecule has 1 aromatic rings. The zero-order valence-electron chi connectivity index (χ0n) is 14.0. The van der Waals surface area contributed by atoms with Crippen molar-refractivity contribution in [3.8, 4) is 0 Å². The third-order valence-corrected chi connectivity index (χ3v) is 3.91. The number of pyridine rings is 1. The van der Waals surface area contributed by atoms with Crippen LogP contribution in [0.3, 0.4) is 0 Å². The molecule has 1 saturated heterocycles. The van der Waals surface area contributed by atoms with Crippen LogP contribution in [-0.2, 0) is 6.54 Å². The molecule has 0 bridgehead atoms. The lowest BCUT2D eigenvalue weighted by Crippen LogP contribution is -2.47. The second kappa shape index (κ2) is 7.76. The van der Waals surface area contributed by atoms with Crippen molar-refractivity contribution in [3.63, 3.8) is 0 Å². The first-order chi connectivity index (χ1) is 10.1. The molecule has 2 heterocycles. The van der Waals surface area contributed by atoms with E-state index in [4.69, 9.17) is 0 Å². The van der Waals surface area contributed by atoms with Gasteiger partial charge in [0.15, 0.2) is 0 Å². The molecular weight excluding hydrogens is 260 g/mol. The average molecular weight is 290 g/mol. The van der Waals surface area contributed by atoms with Gasteiger partial charge in [0.05, 0.1) is 0 Å². The maximum atomic E-state index is 4.30. The van der Waals surface area contributed by atoms with Gasteiger partial charge in [0.25, 0.3) is 0 Å². The van der Waals surface area contributed by atoms with Crippen molar-refractivity contribution in [3.05, 3.63) is 24.0 Å². The minimum Gasteiger partial charge on any atom is -0.369 e. The van der Waals surface area contributed by atoms with Gasteiger partial charge in [0.2, 0.25) is 0 Å². The Morgan fingerprint density at radius 1 is 1.14 bits per heavy atom. The van der Waals surface area contributed by atoms with Gasteiger partial charge in [-0.25, -0.2) is 0 Å². The van der Waals surface area contributed by atoms with Gasteiger partial charge in [0, 0.05) is 69.0 Å². The molecule has 1 fully saturated rings. The summed E-state index contributed by atoms with van der Waals surface area (Å²) >= 11 is 0. The van der Waals surface area contributed by atoms with E-state index in [2.05, 4.69) is 53.9 Å². The van der Waals surface area contributed by atoms with E-state index < -0.39 is 0 Å². The number of hydrogen-bond donors (Lipinski definition) is 1. The van der Waals surface area contributed by atoms with Crippen molar-refractivity contribution in [1.82, 2.24) is 15.2 Å². The fraction of sp³-hybridized carbons (Fsp3) is 0.706. The number of nitrogens with zero attached hydrogens (tertiary/aromatic N) is 3. The van der Waals surface area contributed by atoms with Gasteiger partial charge < -0.3 is 10.2 Å². The van der Waals surface area contributed by atoms with Crippen molar-refractivity contribution >= 4 is 5.69 Å². The lowest BCUT2D eigenvalue weighted by Gasteiger charge is -2.37. The molecule has 4 nitrogen and oxygen atoms in total. The summed E-state index contributed by atoms with van der Waals surface area (Å²) in [6.07, 6.45) is 3.92. The first-order valence-corrected chi connectivity index (χ1v) is 8.20. The summed E-state index contributed by atoms with van der Waals surface area (Å²) in [6, 6.07) is 2.66. The Kier molecular flexibility index (Phi) is 6.00. The summed E-state index contributed by atoms with van der Waals surface area (Å²) in [7, 11) is 0. The lowest BCUT2D eigenvalue weighted by atomic mass is 10.1.